The molecule has 0 saturated carbocycles. The van der Waals surface area contributed by atoms with E-state index in [1.165, 1.54) is 0 Å². The highest BCUT2D eigenvalue weighted by molar-refractivity contribution is 6.18. The number of oxazole rings is 1. The zero-order valence-electron chi connectivity index (χ0n) is 8.44. The van der Waals surface area contributed by atoms with E-state index in [0.29, 0.717) is 18.0 Å². The number of halogens is 1. The molecule has 1 aromatic carbocycles. The van der Waals surface area contributed by atoms with Crippen LogP contribution in [0.3, 0.4) is 0 Å². The molecular formula is C11H12ClNO2. The van der Waals surface area contributed by atoms with E-state index >= 15 is 0 Å². The normalized spacial score (nSPS) is 13.2. The summed E-state index contributed by atoms with van der Waals surface area (Å²) in [5.41, 5.74) is 1.46. The number of nitrogens with zero attached hydrogens (tertiary/aromatic N) is 1. The van der Waals surface area contributed by atoms with Gasteiger partial charge in [-0.05, 0) is 18.1 Å². The van der Waals surface area contributed by atoms with Crippen LogP contribution in [0, 0.1) is 5.92 Å². The molecule has 0 amide bonds. The van der Waals surface area contributed by atoms with Gasteiger partial charge in [0.15, 0.2) is 5.58 Å². The smallest absolute Gasteiger partial charge is 0.408 e. The molecule has 0 aliphatic rings. The predicted octanol–water partition coefficient (Wildman–Crippen LogP) is 2.47. The summed E-state index contributed by atoms with van der Waals surface area (Å²) in [5, 5.41) is 0. The van der Waals surface area contributed by atoms with Gasteiger partial charge in [-0.25, -0.2) is 4.79 Å². The van der Waals surface area contributed by atoms with Gasteiger partial charge in [0, 0.05) is 12.4 Å². The largest absolute Gasteiger partial charge is 0.419 e. The number of para-hydroxylation sites is 2. The second-order valence-corrected chi connectivity index (χ2v) is 4.01. The van der Waals surface area contributed by atoms with Crippen LogP contribution in [0.4, 0.5) is 0 Å². The van der Waals surface area contributed by atoms with Crippen molar-refractivity contribution in [3.05, 3.63) is 34.8 Å². The van der Waals surface area contributed by atoms with Crippen LogP contribution in [0.25, 0.3) is 11.1 Å². The summed E-state index contributed by atoms with van der Waals surface area (Å²) in [7, 11) is 0. The van der Waals surface area contributed by atoms with Gasteiger partial charge in [0.25, 0.3) is 0 Å². The Balaban J connectivity index is 2.50. The average molecular weight is 226 g/mol. The zero-order valence-corrected chi connectivity index (χ0v) is 9.20. The van der Waals surface area contributed by atoms with Gasteiger partial charge >= 0.3 is 5.76 Å². The molecule has 0 spiro atoms. The van der Waals surface area contributed by atoms with Crippen LogP contribution in [0.2, 0.25) is 0 Å². The molecule has 2 aromatic rings. The minimum Gasteiger partial charge on any atom is -0.408 e. The quantitative estimate of drug-likeness (QED) is 0.753. The number of hydrogen-bond acceptors (Lipinski definition) is 2. The summed E-state index contributed by atoms with van der Waals surface area (Å²) in [6.45, 7) is 2.60. The third-order valence-electron chi connectivity index (χ3n) is 2.33. The van der Waals surface area contributed by atoms with Crippen LogP contribution < -0.4 is 5.76 Å². The number of benzene rings is 1. The fourth-order valence-corrected chi connectivity index (χ4v) is 1.64. The molecule has 0 fully saturated rings. The number of hydrogen-bond donors (Lipinski definition) is 0. The summed E-state index contributed by atoms with van der Waals surface area (Å²) in [6, 6.07) is 7.40. The molecule has 0 bridgehead atoms. The van der Waals surface area contributed by atoms with Gasteiger partial charge in [-0.1, -0.05) is 19.1 Å². The van der Waals surface area contributed by atoms with Crippen LogP contribution >= 0.6 is 11.6 Å². The first-order valence-corrected chi connectivity index (χ1v) is 5.40. The molecule has 80 valence electrons. The highest BCUT2D eigenvalue weighted by Crippen LogP contribution is 2.13. The van der Waals surface area contributed by atoms with E-state index in [1.54, 1.807) is 10.6 Å². The Kier molecular flexibility index (Phi) is 2.82. The van der Waals surface area contributed by atoms with Crippen molar-refractivity contribution in [1.29, 1.82) is 0 Å². The van der Waals surface area contributed by atoms with E-state index in [9.17, 15) is 4.79 Å². The minimum atomic E-state index is -0.312. The SMILES string of the molecule is CC(CCl)Cn1c(=O)oc2ccccc21. The molecule has 3 nitrogen and oxygen atoms in total. The standard InChI is InChI=1S/C11H12ClNO2/c1-8(6-12)7-13-9-4-2-3-5-10(9)15-11(13)14/h2-5,8H,6-7H2,1H3. The van der Waals surface area contributed by atoms with E-state index in [1.807, 2.05) is 25.1 Å². The van der Waals surface area contributed by atoms with Gasteiger partial charge in [0.2, 0.25) is 0 Å². The second kappa shape index (κ2) is 4.11. The highest BCUT2D eigenvalue weighted by atomic mass is 35.5. The molecule has 1 heterocycles. The van der Waals surface area contributed by atoms with E-state index in [2.05, 4.69) is 0 Å². The molecular weight excluding hydrogens is 214 g/mol. The number of fused-ring (bicyclic) bond motifs is 1. The Hall–Kier alpha value is -1.22. The van der Waals surface area contributed by atoms with Crippen molar-refractivity contribution in [1.82, 2.24) is 4.57 Å². The van der Waals surface area contributed by atoms with Crippen LogP contribution in [-0.2, 0) is 6.54 Å². The van der Waals surface area contributed by atoms with E-state index < -0.39 is 0 Å². The second-order valence-electron chi connectivity index (χ2n) is 3.71. The average Bonchev–Trinajstić information content (AvgIpc) is 2.55. The van der Waals surface area contributed by atoms with Crippen molar-refractivity contribution in [2.24, 2.45) is 5.92 Å². The topological polar surface area (TPSA) is 35.1 Å². The maximum atomic E-state index is 11.5. The van der Waals surface area contributed by atoms with Gasteiger partial charge < -0.3 is 4.42 Å². The molecule has 1 unspecified atom stereocenters. The van der Waals surface area contributed by atoms with Crippen LogP contribution in [0.15, 0.2) is 33.5 Å². The molecule has 0 aliphatic heterocycles. The van der Waals surface area contributed by atoms with Gasteiger partial charge in [-0.2, -0.15) is 0 Å². The van der Waals surface area contributed by atoms with Crippen molar-refractivity contribution in [2.45, 2.75) is 13.5 Å². The number of alkyl halides is 1. The summed E-state index contributed by atoms with van der Waals surface area (Å²) in [4.78, 5) is 11.5. The molecule has 0 saturated heterocycles. The summed E-state index contributed by atoms with van der Waals surface area (Å²) in [5.74, 6) is 0.477. The molecule has 0 aliphatic carbocycles. The van der Waals surface area contributed by atoms with Gasteiger partial charge in [0.05, 0.1) is 5.52 Å². The summed E-state index contributed by atoms with van der Waals surface area (Å²) < 4.78 is 6.74. The lowest BCUT2D eigenvalue weighted by atomic mass is 10.2. The van der Waals surface area contributed by atoms with E-state index in [4.69, 9.17) is 16.0 Å². The fourth-order valence-electron chi connectivity index (χ4n) is 1.55. The van der Waals surface area contributed by atoms with Gasteiger partial charge in [0.1, 0.15) is 0 Å². The number of aromatic nitrogens is 1. The molecule has 0 N–H and O–H groups in total. The van der Waals surface area contributed by atoms with Crippen LogP contribution in [0.1, 0.15) is 6.92 Å². The molecule has 1 aromatic heterocycles. The Morgan fingerprint density at radius 3 is 2.93 bits per heavy atom. The van der Waals surface area contributed by atoms with Crippen LogP contribution in [0.5, 0.6) is 0 Å². The maximum Gasteiger partial charge on any atom is 0.419 e. The molecule has 2 rings (SSSR count). The summed E-state index contributed by atoms with van der Waals surface area (Å²) >= 11 is 5.73. The third-order valence-corrected chi connectivity index (χ3v) is 2.86. The lowest BCUT2D eigenvalue weighted by Gasteiger charge is -2.06. The monoisotopic (exact) mass is 225 g/mol. The first-order valence-electron chi connectivity index (χ1n) is 4.86. The van der Waals surface area contributed by atoms with Crippen molar-refractivity contribution in [3.8, 4) is 0 Å². The molecule has 1 atom stereocenters. The first kappa shape index (κ1) is 10.3. The van der Waals surface area contributed by atoms with Crippen molar-refractivity contribution in [3.63, 3.8) is 0 Å². The Labute approximate surface area is 92.3 Å². The molecule has 15 heavy (non-hydrogen) atoms. The third kappa shape index (κ3) is 1.92. The van der Waals surface area contributed by atoms with Crippen molar-refractivity contribution in [2.75, 3.05) is 5.88 Å². The zero-order chi connectivity index (χ0) is 10.8. The van der Waals surface area contributed by atoms with E-state index in [0.717, 1.165) is 5.52 Å². The van der Waals surface area contributed by atoms with E-state index in [-0.39, 0.29) is 11.7 Å². The van der Waals surface area contributed by atoms with Gasteiger partial charge in [-0.15, -0.1) is 11.6 Å². The Morgan fingerprint density at radius 1 is 1.47 bits per heavy atom. The molecule has 0 radical (unpaired) electrons. The fraction of sp³-hybridized carbons (Fsp3) is 0.364. The van der Waals surface area contributed by atoms with Crippen molar-refractivity contribution >= 4 is 22.7 Å². The lowest BCUT2D eigenvalue weighted by Crippen LogP contribution is -2.19. The lowest BCUT2D eigenvalue weighted by molar-refractivity contribution is 0.461. The van der Waals surface area contributed by atoms with Gasteiger partial charge in [-0.3, -0.25) is 4.57 Å². The Bertz CT molecular complexity index is 515. The Morgan fingerprint density at radius 2 is 2.20 bits per heavy atom. The molecule has 4 heteroatoms. The minimum absolute atomic E-state index is 0.255. The summed E-state index contributed by atoms with van der Waals surface area (Å²) in [6.07, 6.45) is 0. The highest BCUT2D eigenvalue weighted by Gasteiger charge is 2.10. The van der Waals surface area contributed by atoms with Crippen molar-refractivity contribution < 1.29 is 4.42 Å². The van der Waals surface area contributed by atoms with Crippen LogP contribution in [-0.4, -0.2) is 10.4 Å². The number of rotatable bonds is 3. The first-order chi connectivity index (χ1) is 7.22. The maximum absolute atomic E-state index is 11.5. The predicted molar refractivity (Wildman–Crippen MR) is 60.4 cm³/mol.